The molecular weight excluding hydrogens is 462 g/mol. The molecule has 5 aromatic carbocycles. The van der Waals surface area contributed by atoms with Gasteiger partial charge in [0.2, 0.25) is 0 Å². The second-order valence-electron chi connectivity index (χ2n) is 7.99. The van der Waals surface area contributed by atoms with Crippen molar-refractivity contribution in [3.05, 3.63) is 99.4 Å². The number of esters is 1. The number of benzene rings is 5. The number of carbonyl (C=O) groups excluding carboxylic acids is 1. The fraction of sp³-hybridized carbons (Fsp3) is 0.115. The third-order valence-electron chi connectivity index (χ3n) is 6.03. The van der Waals surface area contributed by atoms with E-state index in [9.17, 15) is 22.4 Å². The van der Waals surface area contributed by atoms with E-state index in [0.29, 0.717) is 12.8 Å². The van der Waals surface area contributed by atoms with Crippen molar-refractivity contribution in [1.29, 1.82) is 0 Å². The van der Waals surface area contributed by atoms with E-state index in [1.54, 1.807) is 0 Å². The third kappa shape index (κ3) is 3.66. The van der Waals surface area contributed by atoms with Crippen LogP contribution >= 0.6 is 0 Å². The molecule has 0 N–H and O–H groups in total. The van der Waals surface area contributed by atoms with Gasteiger partial charge in [-0.3, -0.25) is 0 Å². The monoisotopic (exact) mass is 477 g/mol. The van der Waals surface area contributed by atoms with Gasteiger partial charge in [-0.15, -0.1) is 0 Å². The quantitative estimate of drug-likeness (QED) is 0.0365. The SMILES string of the molecule is [N-]=[N+]=Nc1c(F)c(F)c(C(=O)OCCCc2ccc3ccc4cccc5ccc2c3c45)c(F)c1F. The van der Waals surface area contributed by atoms with E-state index in [4.69, 9.17) is 10.3 Å². The Kier molecular flexibility index (Phi) is 5.62. The number of hydrogen-bond acceptors (Lipinski definition) is 3. The molecule has 9 heteroatoms. The molecule has 0 aliphatic rings. The van der Waals surface area contributed by atoms with E-state index in [2.05, 4.69) is 34.3 Å². The van der Waals surface area contributed by atoms with E-state index < -0.39 is 40.5 Å². The minimum Gasteiger partial charge on any atom is -0.462 e. The zero-order valence-electron chi connectivity index (χ0n) is 18.0. The first-order valence-corrected chi connectivity index (χ1v) is 10.7. The summed E-state index contributed by atoms with van der Waals surface area (Å²) in [6.07, 6.45) is 0.797. The maximum Gasteiger partial charge on any atom is 0.344 e. The Balaban J connectivity index is 1.35. The molecule has 0 bridgehead atoms. The topological polar surface area (TPSA) is 75.1 Å². The lowest BCUT2D eigenvalue weighted by atomic mass is 9.91. The maximum absolute atomic E-state index is 14.2. The summed E-state index contributed by atoms with van der Waals surface area (Å²) in [7, 11) is 0. The molecule has 5 rings (SSSR count). The van der Waals surface area contributed by atoms with Gasteiger partial charge in [-0.1, -0.05) is 59.7 Å². The number of carbonyl (C=O) groups is 1. The molecule has 0 saturated heterocycles. The third-order valence-corrected chi connectivity index (χ3v) is 6.03. The van der Waals surface area contributed by atoms with Crippen LogP contribution in [-0.2, 0) is 11.2 Å². The highest BCUT2D eigenvalue weighted by atomic mass is 19.2. The molecule has 0 heterocycles. The van der Waals surface area contributed by atoms with Crippen molar-refractivity contribution in [2.75, 3.05) is 6.61 Å². The molecule has 0 aliphatic carbocycles. The molecule has 174 valence electrons. The highest BCUT2D eigenvalue weighted by Gasteiger charge is 2.30. The molecule has 0 saturated carbocycles. The normalized spacial score (nSPS) is 11.3. The first-order chi connectivity index (χ1) is 16.9. The largest absolute Gasteiger partial charge is 0.462 e. The summed E-state index contributed by atoms with van der Waals surface area (Å²) in [4.78, 5) is 14.3. The van der Waals surface area contributed by atoms with Crippen LogP contribution in [0.5, 0.6) is 0 Å². The molecular formula is C26H15F4N3O2. The summed E-state index contributed by atoms with van der Waals surface area (Å²) in [5, 5.41) is 9.28. The highest BCUT2D eigenvalue weighted by molar-refractivity contribution is 6.23. The predicted octanol–water partition coefficient (Wildman–Crippen LogP) is 7.87. The molecule has 35 heavy (non-hydrogen) atoms. The lowest BCUT2D eigenvalue weighted by molar-refractivity contribution is 0.0487. The Labute approximate surface area is 195 Å². The van der Waals surface area contributed by atoms with E-state index in [-0.39, 0.29) is 6.61 Å². The van der Waals surface area contributed by atoms with Gasteiger partial charge in [0.15, 0.2) is 23.3 Å². The van der Waals surface area contributed by atoms with Crippen molar-refractivity contribution in [3.63, 3.8) is 0 Å². The fourth-order valence-corrected chi connectivity index (χ4v) is 4.45. The Hall–Kier alpha value is -4.36. The van der Waals surface area contributed by atoms with Crippen molar-refractivity contribution in [2.24, 2.45) is 5.11 Å². The van der Waals surface area contributed by atoms with Crippen LogP contribution in [0.1, 0.15) is 22.3 Å². The zero-order chi connectivity index (χ0) is 24.7. The van der Waals surface area contributed by atoms with Crippen LogP contribution in [0, 0.1) is 23.3 Å². The van der Waals surface area contributed by atoms with Crippen LogP contribution in [0.25, 0.3) is 42.8 Å². The van der Waals surface area contributed by atoms with Crippen LogP contribution in [-0.4, -0.2) is 12.6 Å². The summed E-state index contributed by atoms with van der Waals surface area (Å²) < 4.78 is 61.1. The standard InChI is InChI=1S/C26H15F4N3O2/c27-21-20(22(28)24(30)25(23(21)29)32-33-31)26(34)35-12-2-5-13-6-7-16-9-8-14-3-1-4-15-10-11-17(13)19(16)18(14)15/h1,3-4,6-11H,2,5,12H2. The van der Waals surface area contributed by atoms with Gasteiger partial charge >= 0.3 is 5.97 Å². The zero-order valence-corrected chi connectivity index (χ0v) is 18.0. The number of halogens is 4. The number of ether oxygens (including phenoxy) is 1. The van der Waals surface area contributed by atoms with Crippen LogP contribution in [0.2, 0.25) is 0 Å². The Morgan fingerprint density at radius 3 is 2.09 bits per heavy atom. The van der Waals surface area contributed by atoms with Gasteiger partial charge in [0.1, 0.15) is 11.3 Å². The Morgan fingerprint density at radius 1 is 0.829 bits per heavy atom. The van der Waals surface area contributed by atoms with Gasteiger partial charge in [-0.05, 0) is 56.3 Å². The minimum atomic E-state index is -1.98. The lowest BCUT2D eigenvalue weighted by Gasteiger charge is -2.14. The van der Waals surface area contributed by atoms with Crippen molar-refractivity contribution >= 4 is 44.0 Å². The molecule has 5 aromatic rings. The van der Waals surface area contributed by atoms with Crippen LogP contribution in [0.3, 0.4) is 0 Å². The number of aryl methyl sites for hydroxylation is 1. The molecule has 0 aliphatic heterocycles. The van der Waals surface area contributed by atoms with Gasteiger partial charge < -0.3 is 4.74 Å². The van der Waals surface area contributed by atoms with E-state index in [1.165, 1.54) is 0 Å². The van der Waals surface area contributed by atoms with E-state index >= 15 is 0 Å². The van der Waals surface area contributed by atoms with Crippen LogP contribution < -0.4 is 0 Å². The Bertz CT molecular complexity index is 1630. The van der Waals surface area contributed by atoms with Gasteiger partial charge in [0.25, 0.3) is 0 Å². The second-order valence-corrected chi connectivity index (χ2v) is 7.99. The number of nitrogens with zero attached hydrogens (tertiary/aromatic N) is 3. The van der Waals surface area contributed by atoms with Crippen LogP contribution in [0.4, 0.5) is 23.2 Å². The average Bonchev–Trinajstić information content (AvgIpc) is 2.87. The summed E-state index contributed by atoms with van der Waals surface area (Å²) in [5.74, 6) is -9.46. The molecule has 0 amide bonds. The molecule has 5 nitrogen and oxygen atoms in total. The first-order valence-electron chi connectivity index (χ1n) is 10.7. The predicted molar refractivity (Wildman–Crippen MR) is 124 cm³/mol. The number of rotatable bonds is 6. The molecule has 0 unspecified atom stereocenters. The minimum absolute atomic E-state index is 0.235. The van der Waals surface area contributed by atoms with Crippen molar-refractivity contribution in [2.45, 2.75) is 12.8 Å². The van der Waals surface area contributed by atoms with Gasteiger partial charge in [-0.2, -0.15) is 0 Å². The first kappa shape index (κ1) is 22.4. The second kappa shape index (κ2) is 8.77. The lowest BCUT2D eigenvalue weighted by Crippen LogP contribution is -2.14. The summed E-state index contributed by atoms with van der Waals surface area (Å²) in [5.41, 5.74) is 6.29. The van der Waals surface area contributed by atoms with Gasteiger partial charge in [0, 0.05) is 4.91 Å². The summed E-state index contributed by atoms with van der Waals surface area (Å²) in [6, 6.07) is 18.3. The fourth-order valence-electron chi connectivity index (χ4n) is 4.45. The molecule has 0 radical (unpaired) electrons. The van der Waals surface area contributed by atoms with E-state index in [1.807, 2.05) is 30.3 Å². The van der Waals surface area contributed by atoms with Crippen molar-refractivity contribution in [1.82, 2.24) is 0 Å². The molecule has 0 atom stereocenters. The summed E-state index contributed by atoms with van der Waals surface area (Å²) in [6.45, 7) is -0.235. The Morgan fingerprint density at radius 2 is 1.43 bits per heavy atom. The summed E-state index contributed by atoms with van der Waals surface area (Å²) >= 11 is 0. The number of azide groups is 1. The van der Waals surface area contributed by atoms with Crippen LogP contribution in [0.15, 0.2) is 59.7 Å². The number of hydrogen-bond donors (Lipinski definition) is 0. The molecule has 0 spiro atoms. The smallest absolute Gasteiger partial charge is 0.344 e. The van der Waals surface area contributed by atoms with Crippen molar-refractivity contribution < 1.29 is 27.1 Å². The van der Waals surface area contributed by atoms with Gasteiger partial charge in [0.05, 0.1) is 6.61 Å². The average molecular weight is 477 g/mol. The van der Waals surface area contributed by atoms with Gasteiger partial charge in [-0.25, -0.2) is 22.4 Å². The maximum atomic E-state index is 14.2. The molecule has 0 aromatic heterocycles. The van der Waals surface area contributed by atoms with E-state index in [0.717, 1.165) is 37.9 Å². The van der Waals surface area contributed by atoms with Crippen molar-refractivity contribution in [3.8, 4) is 0 Å². The highest BCUT2D eigenvalue weighted by Crippen LogP contribution is 2.36. The molecule has 0 fully saturated rings.